The van der Waals surface area contributed by atoms with E-state index in [-0.39, 0.29) is 0 Å². The van der Waals surface area contributed by atoms with Crippen LogP contribution >= 0.6 is 0 Å². The molecule has 2 atom stereocenters. The number of likely N-dealkylation sites (N-methyl/N-ethyl adjacent to an activating group) is 1. The third kappa shape index (κ3) is 5.28. The van der Waals surface area contributed by atoms with Gasteiger partial charge in [-0.3, -0.25) is 0 Å². The van der Waals surface area contributed by atoms with Crippen molar-refractivity contribution in [1.29, 1.82) is 0 Å². The predicted molar refractivity (Wildman–Crippen MR) is 68.8 cm³/mol. The van der Waals surface area contributed by atoms with Gasteiger partial charge in [-0.05, 0) is 39.3 Å². The summed E-state index contributed by atoms with van der Waals surface area (Å²) in [6, 6.07) is 0.561. The van der Waals surface area contributed by atoms with Crippen LogP contribution in [0.3, 0.4) is 0 Å². The molecule has 0 radical (unpaired) electrons. The van der Waals surface area contributed by atoms with Crippen LogP contribution < -0.4 is 5.32 Å². The maximum atomic E-state index is 5.71. The van der Waals surface area contributed by atoms with Crippen molar-refractivity contribution < 1.29 is 4.74 Å². The van der Waals surface area contributed by atoms with E-state index in [0.29, 0.717) is 12.1 Å². The van der Waals surface area contributed by atoms with Gasteiger partial charge >= 0.3 is 0 Å². The lowest BCUT2D eigenvalue weighted by Crippen LogP contribution is -2.43. The molecule has 0 amide bonds. The standard InChI is InChI=1S/C13H28N2O/c1-4-15(5-2)11-12(3)14-10-13-8-6-7-9-16-13/h12-14H,4-11H2,1-3H3. The molecular weight excluding hydrogens is 200 g/mol. The predicted octanol–water partition coefficient (Wildman–Crippen LogP) is 1.88. The average Bonchev–Trinajstić information content (AvgIpc) is 2.34. The van der Waals surface area contributed by atoms with Crippen molar-refractivity contribution in [3.05, 3.63) is 0 Å². The zero-order valence-electron chi connectivity index (χ0n) is 11.2. The van der Waals surface area contributed by atoms with E-state index in [1.165, 1.54) is 19.3 Å². The second kappa shape index (κ2) is 8.04. The summed E-state index contributed by atoms with van der Waals surface area (Å²) in [6.45, 7) is 12.1. The van der Waals surface area contributed by atoms with Gasteiger partial charge in [0.25, 0.3) is 0 Å². The molecule has 3 heteroatoms. The molecule has 1 N–H and O–H groups in total. The molecule has 1 rings (SSSR count). The van der Waals surface area contributed by atoms with Crippen LogP contribution in [0.1, 0.15) is 40.0 Å². The van der Waals surface area contributed by atoms with Crippen molar-refractivity contribution in [3.8, 4) is 0 Å². The first kappa shape index (κ1) is 13.9. The Morgan fingerprint density at radius 3 is 2.62 bits per heavy atom. The van der Waals surface area contributed by atoms with Gasteiger partial charge in [0.15, 0.2) is 0 Å². The molecule has 0 aliphatic carbocycles. The molecule has 2 unspecified atom stereocenters. The molecule has 1 heterocycles. The highest BCUT2D eigenvalue weighted by Crippen LogP contribution is 2.11. The maximum absolute atomic E-state index is 5.71. The van der Waals surface area contributed by atoms with Crippen molar-refractivity contribution >= 4 is 0 Å². The summed E-state index contributed by atoms with van der Waals surface area (Å²) in [5, 5.41) is 3.58. The van der Waals surface area contributed by atoms with E-state index in [1.54, 1.807) is 0 Å². The van der Waals surface area contributed by atoms with Crippen molar-refractivity contribution in [2.75, 3.05) is 32.8 Å². The van der Waals surface area contributed by atoms with Gasteiger partial charge in [-0.1, -0.05) is 13.8 Å². The number of ether oxygens (including phenoxy) is 1. The maximum Gasteiger partial charge on any atom is 0.0699 e. The number of rotatable bonds is 7. The molecule has 0 spiro atoms. The zero-order chi connectivity index (χ0) is 11.8. The van der Waals surface area contributed by atoms with E-state index in [0.717, 1.165) is 32.8 Å². The summed E-state index contributed by atoms with van der Waals surface area (Å²) in [5.74, 6) is 0. The Bertz CT molecular complexity index is 165. The van der Waals surface area contributed by atoms with Gasteiger partial charge in [-0.25, -0.2) is 0 Å². The molecule has 0 aromatic rings. The normalized spacial score (nSPS) is 23.6. The summed E-state index contributed by atoms with van der Waals surface area (Å²) in [7, 11) is 0. The first-order chi connectivity index (χ1) is 7.76. The Morgan fingerprint density at radius 2 is 2.06 bits per heavy atom. The molecule has 1 fully saturated rings. The molecule has 1 aliphatic rings. The van der Waals surface area contributed by atoms with Crippen LogP contribution in [0.4, 0.5) is 0 Å². The molecule has 1 aliphatic heterocycles. The van der Waals surface area contributed by atoms with E-state index < -0.39 is 0 Å². The van der Waals surface area contributed by atoms with Crippen LogP contribution in [0, 0.1) is 0 Å². The lowest BCUT2D eigenvalue weighted by Gasteiger charge is -2.27. The van der Waals surface area contributed by atoms with Gasteiger partial charge in [0.2, 0.25) is 0 Å². The molecule has 0 saturated carbocycles. The van der Waals surface area contributed by atoms with E-state index in [1.807, 2.05) is 0 Å². The Kier molecular flexibility index (Phi) is 7.01. The van der Waals surface area contributed by atoms with Crippen LogP contribution in [-0.4, -0.2) is 49.8 Å². The molecule has 0 aromatic carbocycles. The van der Waals surface area contributed by atoms with Crippen LogP contribution in [0.15, 0.2) is 0 Å². The highest BCUT2D eigenvalue weighted by molar-refractivity contribution is 4.71. The van der Waals surface area contributed by atoms with Crippen molar-refractivity contribution in [3.63, 3.8) is 0 Å². The Balaban J connectivity index is 2.10. The minimum atomic E-state index is 0.452. The SMILES string of the molecule is CCN(CC)CC(C)NCC1CCCCO1. The van der Waals surface area contributed by atoms with E-state index in [9.17, 15) is 0 Å². The van der Waals surface area contributed by atoms with Gasteiger partial charge in [0.1, 0.15) is 0 Å². The second-order valence-corrected chi connectivity index (χ2v) is 4.78. The second-order valence-electron chi connectivity index (χ2n) is 4.78. The highest BCUT2D eigenvalue weighted by Gasteiger charge is 2.15. The Morgan fingerprint density at radius 1 is 1.31 bits per heavy atom. The Hall–Kier alpha value is -0.120. The molecule has 0 aromatic heterocycles. The third-order valence-electron chi connectivity index (χ3n) is 3.39. The quantitative estimate of drug-likeness (QED) is 0.720. The fraction of sp³-hybridized carbons (Fsp3) is 1.00. The Labute approximate surface area is 101 Å². The molecule has 16 heavy (non-hydrogen) atoms. The number of hydrogen-bond donors (Lipinski definition) is 1. The third-order valence-corrected chi connectivity index (χ3v) is 3.39. The van der Waals surface area contributed by atoms with Crippen LogP contribution in [0.2, 0.25) is 0 Å². The first-order valence-corrected chi connectivity index (χ1v) is 6.83. The number of nitrogens with one attached hydrogen (secondary N) is 1. The molecule has 1 saturated heterocycles. The van der Waals surface area contributed by atoms with Crippen LogP contribution in [0.25, 0.3) is 0 Å². The van der Waals surface area contributed by atoms with Gasteiger partial charge in [0, 0.05) is 25.7 Å². The van der Waals surface area contributed by atoms with E-state index >= 15 is 0 Å². The summed E-state index contributed by atoms with van der Waals surface area (Å²) in [4.78, 5) is 2.46. The lowest BCUT2D eigenvalue weighted by atomic mass is 10.1. The minimum absolute atomic E-state index is 0.452. The number of hydrogen-bond acceptors (Lipinski definition) is 3. The zero-order valence-corrected chi connectivity index (χ0v) is 11.2. The summed E-state index contributed by atoms with van der Waals surface area (Å²) in [5.41, 5.74) is 0. The van der Waals surface area contributed by atoms with E-state index in [2.05, 4.69) is 31.0 Å². The van der Waals surface area contributed by atoms with Gasteiger partial charge in [0.05, 0.1) is 6.10 Å². The fourth-order valence-corrected chi connectivity index (χ4v) is 2.23. The van der Waals surface area contributed by atoms with Crippen molar-refractivity contribution in [1.82, 2.24) is 10.2 Å². The molecule has 0 bridgehead atoms. The van der Waals surface area contributed by atoms with Crippen LogP contribution in [-0.2, 0) is 4.74 Å². The van der Waals surface area contributed by atoms with Gasteiger partial charge < -0.3 is 15.0 Å². The fourth-order valence-electron chi connectivity index (χ4n) is 2.23. The lowest BCUT2D eigenvalue weighted by molar-refractivity contribution is 0.0151. The summed E-state index contributed by atoms with van der Waals surface area (Å²) < 4.78 is 5.71. The highest BCUT2D eigenvalue weighted by atomic mass is 16.5. The van der Waals surface area contributed by atoms with Crippen molar-refractivity contribution in [2.24, 2.45) is 0 Å². The number of nitrogens with zero attached hydrogens (tertiary/aromatic N) is 1. The summed E-state index contributed by atoms with van der Waals surface area (Å²) >= 11 is 0. The van der Waals surface area contributed by atoms with Gasteiger partial charge in [-0.15, -0.1) is 0 Å². The van der Waals surface area contributed by atoms with Crippen molar-refractivity contribution in [2.45, 2.75) is 52.2 Å². The first-order valence-electron chi connectivity index (χ1n) is 6.83. The topological polar surface area (TPSA) is 24.5 Å². The molecular formula is C13H28N2O. The van der Waals surface area contributed by atoms with E-state index in [4.69, 9.17) is 4.74 Å². The molecule has 3 nitrogen and oxygen atoms in total. The summed E-state index contributed by atoms with van der Waals surface area (Å²) in [6.07, 6.45) is 4.25. The monoisotopic (exact) mass is 228 g/mol. The van der Waals surface area contributed by atoms with Gasteiger partial charge in [-0.2, -0.15) is 0 Å². The molecule has 96 valence electrons. The minimum Gasteiger partial charge on any atom is -0.377 e. The average molecular weight is 228 g/mol. The smallest absolute Gasteiger partial charge is 0.0699 e. The van der Waals surface area contributed by atoms with Crippen LogP contribution in [0.5, 0.6) is 0 Å². The largest absolute Gasteiger partial charge is 0.377 e.